The molecule has 10 heteroatoms. The molecule has 0 radical (unpaired) electrons. The third-order valence-electron chi connectivity index (χ3n) is 4.33. The molecular weight excluding hydrogens is 365 g/mol. The summed E-state index contributed by atoms with van der Waals surface area (Å²) in [6, 6.07) is 1.84. The van der Waals surface area contributed by atoms with Gasteiger partial charge in [0, 0.05) is 19.9 Å². The molecule has 28 heavy (non-hydrogen) atoms. The highest BCUT2D eigenvalue weighted by Gasteiger charge is 2.15. The van der Waals surface area contributed by atoms with Crippen molar-refractivity contribution in [1.82, 2.24) is 24.3 Å². The number of rotatable bonds is 6. The number of aromatic nitrogens is 5. The van der Waals surface area contributed by atoms with Crippen LogP contribution in [0.5, 0.6) is 0 Å². The van der Waals surface area contributed by atoms with Gasteiger partial charge in [0.05, 0.1) is 36.0 Å². The van der Waals surface area contributed by atoms with Crippen LogP contribution in [0, 0.1) is 26.7 Å². The van der Waals surface area contributed by atoms with Crippen LogP contribution < -0.4 is 11.0 Å². The van der Waals surface area contributed by atoms with Crippen LogP contribution in [0.1, 0.15) is 22.5 Å². The molecule has 0 fully saturated rings. The van der Waals surface area contributed by atoms with Gasteiger partial charge >= 0.3 is 0 Å². The lowest BCUT2D eigenvalue weighted by Crippen LogP contribution is -2.21. The van der Waals surface area contributed by atoms with E-state index in [2.05, 4.69) is 25.6 Å². The lowest BCUT2D eigenvalue weighted by atomic mass is 10.2. The van der Waals surface area contributed by atoms with E-state index >= 15 is 0 Å². The number of aryl methyl sites for hydroxylation is 4. The molecule has 3 rings (SSSR count). The molecule has 0 saturated carbocycles. The Kier molecular flexibility index (Phi) is 5.50. The fraction of sp³-hybridized carbons (Fsp3) is 0.389. The summed E-state index contributed by atoms with van der Waals surface area (Å²) in [7, 11) is 3.10. The largest absolute Gasteiger partial charge is 0.383 e. The number of fused-ring (bicyclic) bond motifs is 1. The van der Waals surface area contributed by atoms with Crippen LogP contribution in [0.3, 0.4) is 0 Å². The van der Waals surface area contributed by atoms with Crippen molar-refractivity contribution in [3.05, 3.63) is 44.9 Å². The van der Waals surface area contributed by atoms with E-state index in [1.54, 1.807) is 18.6 Å². The molecule has 0 atom stereocenters. The summed E-state index contributed by atoms with van der Waals surface area (Å²) in [4.78, 5) is 21.2. The minimum absolute atomic E-state index is 0.199. The van der Waals surface area contributed by atoms with E-state index in [-0.39, 0.29) is 11.5 Å². The van der Waals surface area contributed by atoms with Crippen molar-refractivity contribution in [3.63, 3.8) is 0 Å². The zero-order valence-electron chi connectivity index (χ0n) is 16.4. The van der Waals surface area contributed by atoms with Crippen LogP contribution in [0.15, 0.2) is 16.0 Å². The summed E-state index contributed by atoms with van der Waals surface area (Å²) < 4.78 is 22.1. The van der Waals surface area contributed by atoms with Gasteiger partial charge in [-0.2, -0.15) is 19.6 Å². The lowest BCUT2D eigenvalue weighted by Gasteiger charge is -2.15. The van der Waals surface area contributed by atoms with E-state index < -0.39 is 11.5 Å². The predicted octanol–water partition coefficient (Wildman–Crippen LogP) is 1.68. The van der Waals surface area contributed by atoms with Crippen LogP contribution in [-0.4, -0.2) is 44.2 Å². The fourth-order valence-corrected chi connectivity index (χ4v) is 3.02. The van der Waals surface area contributed by atoms with Crippen molar-refractivity contribution in [2.24, 2.45) is 12.1 Å². The van der Waals surface area contributed by atoms with Crippen molar-refractivity contribution in [2.75, 3.05) is 19.1 Å². The Hall–Kier alpha value is -3.14. The maximum absolute atomic E-state index is 14.0. The quantitative estimate of drug-likeness (QED) is 0.510. The average molecular weight is 387 g/mol. The number of hydrazone groups is 1. The number of hydrogen-bond acceptors (Lipinski definition) is 7. The Bertz CT molecular complexity index is 1120. The van der Waals surface area contributed by atoms with Crippen molar-refractivity contribution in [2.45, 2.75) is 27.3 Å². The van der Waals surface area contributed by atoms with Gasteiger partial charge in [0.2, 0.25) is 11.9 Å². The molecule has 0 aliphatic rings. The standard InChI is InChI=1S/C18H22FN7O2/c1-10-8-11(2)21-16-14(10)17(27)22-18(26(16)6-7-28-5)23-20-9-13-12(3)24-25(4)15(13)19/h8-9H,6-7H2,1-5H3,(H,22,23,27)/b20-9+. The van der Waals surface area contributed by atoms with E-state index in [1.165, 1.54) is 13.3 Å². The maximum atomic E-state index is 14.0. The number of ether oxygens (including phenoxy) is 1. The van der Waals surface area contributed by atoms with Gasteiger partial charge in [0.15, 0.2) is 0 Å². The van der Waals surface area contributed by atoms with Crippen LogP contribution in [0.25, 0.3) is 11.0 Å². The number of pyridine rings is 1. The molecule has 3 heterocycles. The summed E-state index contributed by atoms with van der Waals surface area (Å²) in [5.41, 5.74) is 5.16. The molecule has 0 saturated heterocycles. The highest BCUT2D eigenvalue weighted by Crippen LogP contribution is 2.17. The monoisotopic (exact) mass is 387 g/mol. The Morgan fingerprint density at radius 3 is 2.71 bits per heavy atom. The van der Waals surface area contributed by atoms with E-state index in [9.17, 15) is 9.18 Å². The lowest BCUT2D eigenvalue weighted by molar-refractivity contribution is 0.188. The number of anilines is 1. The summed E-state index contributed by atoms with van der Waals surface area (Å²) in [6.07, 6.45) is 1.31. The fourth-order valence-electron chi connectivity index (χ4n) is 3.02. The topological polar surface area (TPSA) is 99.2 Å². The Balaban J connectivity index is 2.07. The van der Waals surface area contributed by atoms with Gasteiger partial charge in [-0.3, -0.25) is 9.36 Å². The number of hydrogen-bond donors (Lipinski definition) is 1. The number of nitrogens with one attached hydrogen (secondary N) is 1. The van der Waals surface area contributed by atoms with Gasteiger partial charge in [0.25, 0.3) is 5.56 Å². The zero-order valence-corrected chi connectivity index (χ0v) is 16.4. The molecular formula is C18H22FN7O2. The van der Waals surface area contributed by atoms with Gasteiger partial charge in [-0.1, -0.05) is 0 Å². The molecule has 0 bridgehead atoms. The maximum Gasteiger partial charge on any atom is 0.284 e. The molecule has 0 unspecified atom stereocenters. The molecule has 9 nitrogen and oxygen atoms in total. The third kappa shape index (κ3) is 3.63. The van der Waals surface area contributed by atoms with Crippen LogP contribution in [0.2, 0.25) is 0 Å². The van der Waals surface area contributed by atoms with Crippen molar-refractivity contribution in [1.29, 1.82) is 0 Å². The number of nitrogens with zero attached hydrogens (tertiary/aromatic N) is 6. The molecule has 3 aromatic heterocycles. The van der Waals surface area contributed by atoms with Gasteiger partial charge in [-0.15, -0.1) is 0 Å². The number of methoxy groups -OCH3 is 1. The highest BCUT2D eigenvalue weighted by atomic mass is 19.1. The first-order chi connectivity index (χ1) is 13.3. The van der Waals surface area contributed by atoms with Gasteiger partial charge in [-0.25, -0.2) is 15.1 Å². The second-order valence-corrected chi connectivity index (χ2v) is 6.45. The van der Waals surface area contributed by atoms with Crippen LogP contribution >= 0.6 is 0 Å². The molecule has 0 aliphatic heterocycles. The van der Waals surface area contributed by atoms with E-state index in [0.29, 0.717) is 29.9 Å². The minimum Gasteiger partial charge on any atom is -0.383 e. The van der Waals surface area contributed by atoms with Crippen molar-refractivity contribution < 1.29 is 9.13 Å². The van der Waals surface area contributed by atoms with E-state index in [4.69, 9.17) is 4.74 Å². The minimum atomic E-state index is -0.501. The normalized spacial score (nSPS) is 11.6. The van der Waals surface area contributed by atoms with Crippen LogP contribution in [0.4, 0.5) is 10.3 Å². The second-order valence-electron chi connectivity index (χ2n) is 6.45. The number of halogens is 1. The molecule has 148 valence electrons. The highest BCUT2D eigenvalue weighted by molar-refractivity contribution is 5.82. The van der Waals surface area contributed by atoms with Gasteiger partial charge < -0.3 is 4.74 Å². The van der Waals surface area contributed by atoms with Gasteiger partial charge in [-0.05, 0) is 32.4 Å². The summed E-state index contributed by atoms with van der Waals surface area (Å²) in [5, 5.41) is 8.49. The molecule has 0 aromatic carbocycles. The molecule has 3 aromatic rings. The van der Waals surface area contributed by atoms with Crippen LogP contribution in [-0.2, 0) is 18.3 Å². The Morgan fingerprint density at radius 1 is 1.32 bits per heavy atom. The molecule has 1 N–H and O–H groups in total. The second kappa shape index (κ2) is 7.85. The molecule has 0 spiro atoms. The Morgan fingerprint density at radius 2 is 2.07 bits per heavy atom. The first-order valence-electron chi connectivity index (χ1n) is 8.69. The predicted molar refractivity (Wildman–Crippen MR) is 104 cm³/mol. The SMILES string of the molecule is COCCn1c(N/N=C/c2c(C)nn(C)c2F)nc(=O)c2c(C)cc(C)nc21. The van der Waals surface area contributed by atoms with E-state index in [0.717, 1.165) is 15.9 Å². The average Bonchev–Trinajstić information content (AvgIpc) is 2.86. The smallest absolute Gasteiger partial charge is 0.284 e. The van der Waals surface area contributed by atoms with Gasteiger partial charge in [0.1, 0.15) is 5.65 Å². The molecule has 0 aliphatic carbocycles. The molecule has 0 amide bonds. The first-order valence-corrected chi connectivity index (χ1v) is 8.69. The first kappa shape index (κ1) is 19.6. The summed E-state index contributed by atoms with van der Waals surface area (Å²) in [5.74, 6) is -0.301. The third-order valence-corrected chi connectivity index (χ3v) is 4.33. The summed E-state index contributed by atoms with van der Waals surface area (Å²) in [6.45, 7) is 6.19. The zero-order chi connectivity index (χ0) is 20.4. The van der Waals surface area contributed by atoms with Crippen molar-refractivity contribution >= 4 is 23.2 Å². The van der Waals surface area contributed by atoms with E-state index in [1.807, 2.05) is 19.9 Å². The summed E-state index contributed by atoms with van der Waals surface area (Å²) >= 11 is 0. The van der Waals surface area contributed by atoms with Crippen molar-refractivity contribution in [3.8, 4) is 0 Å². The Labute approximate surface area is 160 Å².